The predicted octanol–water partition coefficient (Wildman–Crippen LogP) is 2.87. The first kappa shape index (κ1) is 14.8. The summed E-state index contributed by atoms with van der Waals surface area (Å²) in [6.45, 7) is 3.75. The van der Waals surface area contributed by atoms with Crippen molar-refractivity contribution in [2.45, 2.75) is 58.3 Å². The van der Waals surface area contributed by atoms with Gasteiger partial charge in [-0.05, 0) is 25.2 Å². The lowest BCUT2D eigenvalue weighted by atomic mass is 9.80. The molecule has 0 aromatic heterocycles. The summed E-state index contributed by atoms with van der Waals surface area (Å²) in [4.78, 5) is 14.8. The van der Waals surface area contributed by atoms with E-state index >= 15 is 0 Å². The Kier molecular flexibility index (Phi) is 4.82. The van der Waals surface area contributed by atoms with Gasteiger partial charge in [-0.2, -0.15) is 0 Å². The Balaban J connectivity index is 1.74. The van der Waals surface area contributed by atoms with E-state index in [-0.39, 0.29) is 5.41 Å². The van der Waals surface area contributed by atoms with Gasteiger partial charge in [-0.3, -0.25) is 4.79 Å². The molecule has 0 aromatic rings. The first-order valence-electron chi connectivity index (χ1n) is 7.59. The van der Waals surface area contributed by atoms with Crippen molar-refractivity contribution in [2.75, 3.05) is 13.1 Å². The van der Waals surface area contributed by atoms with Crippen molar-refractivity contribution in [3.8, 4) is 0 Å². The van der Waals surface area contributed by atoms with Crippen molar-refractivity contribution in [2.24, 2.45) is 17.1 Å². The second-order valence-corrected chi connectivity index (χ2v) is 6.93. The van der Waals surface area contributed by atoms with E-state index in [9.17, 15) is 4.79 Å². The summed E-state index contributed by atoms with van der Waals surface area (Å²) in [7, 11) is 0. The number of thiocarbonyl (C=S) groups is 1. The molecule has 1 amide bonds. The van der Waals surface area contributed by atoms with Gasteiger partial charge in [0.1, 0.15) is 0 Å². The van der Waals surface area contributed by atoms with Gasteiger partial charge >= 0.3 is 0 Å². The largest absolute Gasteiger partial charge is 0.393 e. The van der Waals surface area contributed by atoms with E-state index in [1.807, 2.05) is 4.90 Å². The van der Waals surface area contributed by atoms with Crippen LogP contribution in [0, 0.1) is 11.3 Å². The second kappa shape index (κ2) is 6.21. The van der Waals surface area contributed by atoms with Crippen molar-refractivity contribution in [3.05, 3.63) is 0 Å². The molecule has 0 atom stereocenters. The van der Waals surface area contributed by atoms with Crippen LogP contribution in [0.5, 0.6) is 0 Å². The quantitative estimate of drug-likeness (QED) is 0.807. The zero-order valence-electron chi connectivity index (χ0n) is 12.0. The number of nitrogens with two attached hydrogens (primary N) is 1. The summed E-state index contributed by atoms with van der Waals surface area (Å²) in [6.07, 6.45) is 9.01. The molecule has 2 rings (SSSR count). The summed E-state index contributed by atoms with van der Waals surface area (Å²) >= 11 is 5.13. The maximum Gasteiger partial charge on any atom is 0.222 e. The molecule has 1 aliphatic heterocycles. The molecule has 0 unspecified atom stereocenters. The van der Waals surface area contributed by atoms with Crippen LogP contribution in [0.2, 0.25) is 0 Å². The van der Waals surface area contributed by atoms with Gasteiger partial charge in [-0.1, -0.05) is 44.8 Å². The maximum atomic E-state index is 12.2. The second-order valence-electron chi connectivity index (χ2n) is 6.49. The van der Waals surface area contributed by atoms with Crippen LogP contribution in [-0.2, 0) is 4.79 Å². The Morgan fingerprint density at radius 2 is 1.89 bits per heavy atom. The highest BCUT2D eigenvalue weighted by Gasteiger charge is 2.34. The molecule has 1 saturated carbocycles. The van der Waals surface area contributed by atoms with E-state index in [4.69, 9.17) is 18.0 Å². The first-order valence-corrected chi connectivity index (χ1v) is 8.00. The molecule has 1 aliphatic carbocycles. The Morgan fingerprint density at radius 3 is 2.42 bits per heavy atom. The number of carbonyl (C=O) groups is 1. The van der Waals surface area contributed by atoms with Crippen molar-refractivity contribution >= 4 is 23.1 Å². The van der Waals surface area contributed by atoms with Gasteiger partial charge < -0.3 is 10.6 Å². The standard InChI is InChI=1S/C15H26N2OS/c1-15(14(16)19)8-10-17(11-9-15)13(18)7-6-12-4-2-3-5-12/h12H,2-11H2,1H3,(H2,16,19). The van der Waals surface area contributed by atoms with Crippen molar-refractivity contribution in [1.29, 1.82) is 0 Å². The highest BCUT2D eigenvalue weighted by Crippen LogP contribution is 2.32. The number of amides is 1. The molecule has 2 N–H and O–H groups in total. The minimum absolute atomic E-state index is 0.0441. The minimum atomic E-state index is -0.0441. The van der Waals surface area contributed by atoms with Crippen LogP contribution in [-0.4, -0.2) is 28.9 Å². The van der Waals surface area contributed by atoms with E-state index in [1.165, 1.54) is 25.7 Å². The molecule has 0 radical (unpaired) electrons. The van der Waals surface area contributed by atoms with Crippen LogP contribution < -0.4 is 5.73 Å². The fourth-order valence-electron chi connectivity index (χ4n) is 3.28. The van der Waals surface area contributed by atoms with Crippen LogP contribution in [0.15, 0.2) is 0 Å². The van der Waals surface area contributed by atoms with Gasteiger partial charge in [0.25, 0.3) is 0 Å². The number of carbonyl (C=O) groups excluding carboxylic acids is 1. The lowest BCUT2D eigenvalue weighted by Gasteiger charge is -2.38. The Hall–Kier alpha value is -0.640. The molecule has 0 spiro atoms. The fraction of sp³-hybridized carbons (Fsp3) is 0.867. The average molecular weight is 282 g/mol. The van der Waals surface area contributed by atoms with E-state index in [2.05, 4.69) is 6.92 Å². The van der Waals surface area contributed by atoms with Gasteiger partial charge in [-0.15, -0.1) is 0 Å². The highest BCUT2D eigenvalue weighted by molar-refractivity contribution is 7.80. The average Bonchev–Trinajstić information content (AvgIpc) is 2.90. The van der Waals surface area contributed by atoms with Gasteiger partial charge in [0.15, 0.2) is 0 Å². The molecule has 1 saturated heterocycles. The molecule has 3 nitrogen and oxygen atoms in total. The van der Waals surface area contributed by atoms with Gasteiger partial charge in [0.2, 0.25) is 5.91 Å². The van der Waals surface area contributed by atoms with Crippen molar-refractivity contribution in [1.82, 2.24) is 4.90 Å². The van der Waals surface area contributed by atoms with E-state index in [1.54, 1.807) is 0 Å². The summed E-state index contributed by atoms with van der Waals surface area (Å²) in [6, 6.07) is 0. The number of rotatable bonds is 4. The molecule has 19 heavy (non-hydrogen) atoms. The number of piperidine rings is 1. The summed E-state index contributed by atoms with van der Waals surface area (Å²) in [5, 5.41) is 0. The Bertz CT molecular complexity index is 342. The highest BCUT2D eigenvalue weighted by atomic mass is 32.1. The lowest BCUT2D eigenvalue weighted by molar-refractivity contribution is -0.133. The zero-order valence-corrected chi connectivity index (χ0v) is 12.8. The third-order valence-electron chi connectivity index (χ3n) is 5.06. The van der Waals surface area contributed by atoms with Crippen LogP contribution >= 0.6 is 12.2 Å². The molecular weight excluding hydrogens is 256 g/mol. The van der Waals surface area contributed by atoms with E-state index in [0.717, 1.165) is 44.7 Å². The molecule has 1 heterocycles. The number of nitrogens with zero attached hydrogens (tertiary/aromatic N) is 1. The number of hydrogen-bond donors (Lipinski definition) is 1. The molecule has 4 heteroatoms. The van der Waals surface area contributed by atoms with Crippen LogP contribution in [0.3, 0.4) is 0 Å². The van der Waals surface area contributed by atoms with Gasteiger partial charge in [0, 0.05) is 24.9 Å². The Morgan fingerprint density at radius 1 is 1.32 bits per heavy atom. The smallest absolute Gasteiger partial charge is 0.222 e. The normalized spacial score (nSPS) is 23.5. The number of likely N-dealkylation sites (tertiary alicyclic amines) is 1. The third-order valence-corrected chi connectivity index (χ3v) is 5.55. The van der Waals surface area contributed by atoms with E-state index < -0.39 is 0 Å². The molecule has 2 aliphatic rings. The minimum Gasteiger partial charge on any atom is -0.393 e. The van der Waals surface area contributed by atoms with Crippen LogP contribution in [0.25, 0.3) is 0 Å². The third kappa shape index (κ3) is 3.68. The number of hydrogen-bond acceptors (Lipinski definition) is 2. The first-order chi connectivity index (χ1) is 9.01. The lowest BCUT2D eigenvalue weighted by Crippen LogP contribution is -2.46. The van der Waals surface area contributed by atoms with Crippen molar-refractivity contribution < 1.29 is 4.79 Å². The van der Waals surface area contributed by atoms with Crippen LogP contribution in [0.1, 0.15) is 58.3 Å². The Labute approximate surface area is 121 Å². The molecule has 0 aromatic carbocycles. The maximum absolute atomic E-state index is 12.2. The topological polar surface area (TPSA) is 46.3 Å². The summed E-state index contributed by atoms with van der Waals surface area (Å²) < 4.78 is 0. The van der Waals surface area contributed by atoms with Crippen LogP contribution in [0.4, 0.5) is 0 Å². The van der Waals surface area contributed by atoms with Crippen molar-refractivity contribution in [3.63, 3.8) is 0 Å². The molecular formula is C15H26N2OS. The van der Waals surface area contributed by atoms with Gasteiger partial charge in [0.05, 0.1) is 4.99 Å². The fourth-order valence-corrected chi connectivity index (χ4v) is 3.48. The molecule has 108 valence electrons. The van der Waals surface area contributed by atoms with Gasteiger partial charge in [-0.25, -0.2) is 0 Å². The molecule has 2 fully saturated rings. The molecule has 0 bridgehead atoms. The van der Waals surface area contributed by atoms with E-state index in [0.29, 0.717) is 10.9 Å². The predicted molar refractivity (Wildman–Crippen MR) is 81.9 cm³/mol. The monoisotopic (exact) mass is 282 g/mol. The summed E-state index contributed by atoms with van der Waals surface area (Å²) in [5.41, 5.74) is 5.75. The zero-order chi connectivity index (χ0) is 13.9. The SMILES string of the molecule is CC1(C(N)=S)CCN(C(=O)CCC2CCCC2)CC1. The summed E-state index contributed by atoms with van der Waals surface area (Å²) in [5.74, 6) is 1.13.